The Balaban J connectivity index is 1.99. The molecule has 0 bridgehead atoms. The van der Waals surface area contributed by atoms with Crippen LogP contribution in [0.25, 0.3) is 0 Å². The van der Waals surface area contributed by atoms with Crippen LogP contribution in [0.15, 0.2) is 24.3 Å². The fourth-order valence-electron chi connectivity index (χ4n) is 2.62. The minimum Gasteiger partial charge on any atom is -0.490 e. The molecule has 5 heteroatoms. The molecule has 0 heterocycles. The standard InChI is InChI=1S/C16H24N2O3/c1-4-20-15(19)16(17)9-8-14(11-16)21-13-7-5-6-12(10-13)18(2)3/h5-7,10,14H,4,8-9,11,17H2,1-3H3. The van der Waals surface area contributed by atoms with Crippen LogP contribution in [0, 0.1) is 0 Å². The lowest BCUT2D eigenvalue weighted by atomic mass is 9.99. The minimum atomic E-state index is -0.903. The van der Waals surface area contributed by atoms with Gasteiger partial charge in [-0.15, -0.1) is 0 Å². The predicted octanol–water partition coefficient (Wildman–Crippen LogP) is 1.94. The summed E-state index contributed by atoms with van der Waals surface area (Å²) in [5.74, 6) is 0.484. The van der Waals surface area contributed by atoms with Crippen LogP contribution in [0.2, 0.25) is 0 Å². The van der Waals surface area contributed by atoms with Crippen LogP contribution < -0.4 is 15.4 Å². The molecular weight excluding hydrogens is 268 g/mol. The van der Waals surface area contributed by atoms with Gasteiger partial charge < -0.3 is 20.1 Å². The molecule has 1 saturated carbocycles. The Morgan fingerprint density at radius 3 is 2.90 bits per heavy atom. The predicted molar refractivity (Wildman–Crippen MR) is 82.6 cm³/mol. The molecule has 1 aliphatic carbocycles. The van der Waals surface area contributed by atoms with E-state index in [1.54, 1.807) is 6.92 Å². The molecule has 21 heavy (non-hydrogen) atoms. The van der Waals surface area contributed by atoms with Gasteiger partial charge in [0.05, 0.1) is 6.61 Å². The monoisotopic (exact) mass is 292 g/mol. The third kappa shape index (κ3) is 3.67. The molecule has 0 spiro atoms. The molecule has 1 aromatic rings. The normalized spacial score (nSPS) is 24.7. The Kier molecular flexibility index (Phi) is 4.73. The Morgan fingerprint density at radius 1 is 1.48 bits per heavy atom. The summed E-state index contributed by atoms with van der Waals surface area (Å²) in [6.07, 6.45) is 1.82. The average Bonchev–Trinajstić information content (AvgIpc) is 2.82. The zero-order chi connectivity index (χ0) is 15.5. The van der Waals surface area contributed by atoms with Crippen molar-refractivity contribution < 1.29 is 14.3 Å². The van der Waals surface area contributed by atoms with Gasteiger partial charge >= 0.3 is 5.97 Å². The van der Waals surface area contributed by atoms with Gasteiger partial charge in [0.15, 0.2) is 0 Å². The van der Waals surface area contributed by atoms with E-state index in [2.05, 4.69) is 0 Å². The van der Waals surface area contributed by atoms with Crippen molar-refractivity contribution in [3.8, 4) is 5.75 Å². The van der Waals surface area contributed by atoms with Crippen LogP contribution in [0.4, 0.5) is 5.69 Å². The molecule has 0 radical (unpaired) electrons. The zero-order valence-electron chi connectivity index (χ0n) is 13.0. The largest absolute Gasteiger partial charge is 0.490 e. The van der Waals surface area contributed by atoms with Gasteiger partial charge in [0.1, 0.15) is 17.4 Å². The summed E-state index contributed by atoms with van der Waals surface area (Å²) in [5.41, 5.74) is 6.32. The molecule has 0 saturated heterocycles. The van der Waals surface area contributed by atoms with Crippen molar-refractivity contribution >= 4 is 11.7 Å². The summed E-state index contributed by atoms with van der Waals surface area (Å²) in [6.45, 7) is 2.14. The highest BCUT2D eigenvalue weighted by molar-refractivity contribution is 5.81. The van der Waals surface area contributed by atoms with Crippen molar-refractivity contribution in [1.29, 1.82) is 0 Å². The molecule has 0 amide bonds. The quantitative estimate of drug-likeness (QED) is 0.840. The summed E-state index contributed by atoms with van der Waals surface area (Å²) in [7, 11) is 3.97. The van der Waals surface area contributed by atoms with E-state index < -0.39 is 5.54 Å². The number of nitrogens with two attached hydrogens (primary N) is 1. The van der Waals surface area contributed by atoms with E-state index in [0.717, 1.165) is 17.9 Å². The van der Waals surface area contributed by atoms with Crippen LogP contribution >= 0.6 is 0 Å². The zero-order valence-corrected chi connectivity index (χ0v) is 13.0. The lowest BCUT2D eigenvalue weighted by Gasteiger charge is -2.22. The fourth-order valence-corrected chi connectivity index (χ4v) is 2.62. The van der Waals surface area contributed by atoms with Crippen LogP contribution in [0.3, 0.4) is 0 Å². The molecule has 2 atom stereocenters. The fraction of sp³-hybridized carbons (Fsp3) is 0.562. The number of carbonyl (C=O) groups excluding carboxylic acids is 1. The molecule has 2 unspecified atom stereocenters. The van der Waals surface area contributed by atoms with Gasteiger partial charge in [-0.3, -0.25) is 4.79 Å². The lowest BCUT2D eigenvalue weighted by molar-refractivity contribution is -0.149. The maximum Gasteiger partial charge on any atom is 0.326 e. The van der Waals surface area contributed by atoms with Crippen molar-refractivity contribution in [3.05, 3.63) is 24.3 Å². The first-order chi connectivity index (χ1) is 9.94. The third-order valence-corrected chi connectivity index (χ3v) is 3.82. The van der Waals surface area contributed by atoms with E-state index in [-0.39, 0.29) is 12.1 Å². The highest BCUT2D eigenvalue weighted by atomic mass is 16.5. The van der Waals surface area contributed by atoms with Gasteiger partial charge in [-0.2, -0.15) is 0 Å². The van der Waals surface area contributed by atoms with E-state index in [1.165, 1.54) is 0 Å². The van der Waals surface area contributed by atoms with E-state index in [1.807, 2.05) is 43.3 Å². The molecule has 1 aromatic carbocycles. The number of carbonyl (C=O) groups is 1. The highest BCUT2D eigenvalue weighted by Crippen LogP contribution is 2.32. The number of hydrogen-bond donors (Lipinski definition) is 1. The topological polar surface area (TPSA) is 64.8 Å². The second-order valence-electron chi connectivity index (χ2n) is 5.75. The molecule has 1 fully saturated rings. The maximum absolute atomic E-state index is 11.9. The van der Waals surface area contributed by atoms with Crippen molar-refractivity contribution in [2.75, 3.05) is 25.6 Å². The van der Waals surface area contributed by atoms with Gasteiger partial charge in [0, 0.05) is 32.3 Å². The number of rotatable bonds is 5. The second-order valence-corrected chi connectivity index (χ2v) is 5.75. The molecule has 2 N–H and O–H groups in total. The third-order valence-electron chi connectivity index (χ3n) is 3.82. The summed E-state index contributed by atoms with van der Waals surface area (Å²) in [6, 6.07) is 7.89. The van der Waals surface area contributed by atoms with Crippen molar-refractivity contribution in [2.45, 2.75) is 37.8 Å². The maximum atomic E-state index is 11.9. The second kappa shape index (κ2) is 6.35. The van der Waals surface area contributed by atoms with Crippen molar-refractivity contribution in [3.63, 3.8) is 0 Å². The van der Waals surface area contributed by atoms with E-state index in [9.17, 15) is 4.79 Å². The number of benzene rings is 1. The van der Waals surface area contributed by atoms with Crippen LogP contribution in [0.5, 0.6) is 5.75 Å². The molecule has 2 rings (SSSR count). The van der Waals surface area contributed by atoms with E-state index in [4.69, 9.17) is 15.2 Å². The number of hydrogen-bond acceptors (Lipinski definition) is 5. The smallest absolute Gasteiger partial charge is 0.326 e. The number of ether oxygens (including phenoxy) is 2. The molecule has 116 valence electrons. The molecule has 5 nitrogen and oxygen atoms in total. The first-order valence-electron chi connectivity index (χ1n) is 7.35. The van der Waals surface area contributed by atoms with Gasteiger partial charge in [0.2, 0.25) is 0 Å². The number of nitrogens with zero attached hydrogens (tertiary/aromatic N) is 1. The van der Waals surface area contributed by atoms with Gasteiger partial charge in [-0.1, -0.05) is 6.07 Å². The van der Waals surface area contributed by atoms with E-state index >= 15 is 0 Å². The van der Waals surface area contributed by atoms with Crippen LogP contribution in [-0.2, 0) is 9.53 Å². The van der Waals surface area contributed by atoms with Crippen LogP contribution in [0.1, 0.15) is 26.2 Å². The highest BCUT2D eigenvalue weighted by Gasteiger charge is 2.44. The average molecular weight is 292 g/mol. The van der Waals surface area contributed by atoms with Gasteiger partial charge in [-0.05, 0) is 31.9 Å². The van der Waals surface area contributed by atoms with Gasteiger partial charge in [0.25, 0.3) is 0 Å². The first-order valence-corrected chi connectivity index (χ1v) is 7.35. The Bertz CT molecular complexity index is 504. The summed E-state index contributed by atoms with van der Waals surface area (Å²) in [5, 5.41) is 0. The Morgan fingerprint density at radius 2 is 2.24 bits per heavy atom. The molecule has 0 aliphatic heterocycles. The summed E-state index contributed by atoms with van der Waals surface area (Å²) >= 11 is 0. The summed E-state index contributed by atoms with van der Waals surface area (Å²) < 4.78 is 11.0. The minimum absolute atomic E-state index is 0.0446. The Hall–Kier alpha value is -1.75. The molecule has 0 aromatic heterocycles. The molecular formula is C16H24N2O3. The van der Waals surface area contributed by atoms with Crippen molar-refractivity contribution in [1.82, 2.24) is 0 Å². The number of esters is 1. The molecule has 1 aliphatic rings. The number of anilines is 1. The van der Waals surface area contributed by atoms with Crippen LogP contribution in [-0.4, -0.2) is 38.3 Å². The van der Waals surface area contributed by atoms with E-state index in [0.29, 0.717) is 19.4 Å². The Labute approximate surface area is 126 Å². The van der Waals surface area contributed by atoms with Crippen molar-refractivity contribution in [2.24, 2.45) is 5.73 Å². The SMILES string of the molecule is CCOC(=O)C1(N)CCC(Oc2cccc(N(C)C)c2)C1. The van der Waals surface area contributed by atoms with Gasteiger partial charge in [-0.25, -0.2) is 0 Å². The lowest BCUT2D eigenvalue weighted by Crippen LogP contribution is -2.47. The first kappa shape index (κ1) is 15.6. The summed E-state index contributed by atoms with van der Waals surface area (Å²) in [4.78, 5) is 13.9.